The van der Waals surface area contributed by atoms with Crippen LogP contribution in [0.2, 0.25) is 0 Å². The standard InChI is InChI=1S/C24H25F4N5O3S/c25-17-3-1-15(2-4-17)14-37(35,36)32-9-10-33(20(13-32)24(26,27)28)21-11-16(12-22(34)31-21)18-5-7-29-23-19(18)6-8-30-23/h1-8,16,20-21H,9-14H2,(H,29,30)(H,31,34). The summed E-state index contributed by atoms with van der Waals surface area (Å²) in [5.41, 5.74) is 1.74. The molecule has 37 heavy (non-hydrogen) atoms. The minimum absolute atomic E-state index is 0.128. The molecule has 8 nitrogen and oxygen atoms in total. The van der Waals surface area contributed by atoms with Gasteiger partial charge in [0.1, 0.15) is 17.5 Å². The van der Waals surface area contributed by atoms with E-state index < -0.39 is 46.5 Å². The minimum atomic E-state index is -4.73. The maximum atomic E-state index is 14.2. The molecule has 4 heterocycles. The number of carbonyl (C=O) groups is 1. The zero-order valence-corrected chi connectivity index (χ0v) is 20.4. The summed E-state index contributed by atoms with van der Waals surface area (Å²) >= 11 is 0. The number of piperazine rings is 1. The lowest BCUT2D eigenvalue weighted by Crippen LogP contribution is -2.66. The number of aromatic nitrogens is 2. The number of rotatable bonds is 5. The average Bonchev–Trinajstić information content (AvgIpc) is 3.33. The highest BCUT2D eigenvalue weighted by Crippen LogP contribution is 2.37. The van der Waals surface area contributed by atoms with Crippen LogP contribution in [0.3, 0.4) is 0 Å². The van der Waals surface area contributed by atoms with Gasteiger partial charge in [0.05, 0.1) is 11.9 Å². The van der Waals surface area contributed by atoms with Gasteiger partial charge in [-0.2, -0.15) is 17.5 Å². The van der Waals surface area contributed by atoms with Gasteiger partial charge in [-0.15, -0.1) is 0 Å². The van der Waals surface area contributed by atoms with Crippen molar-refractivity contribution < 1.29 is 30.8 Å². The summed E-state index contributed by atoms with van der Waals surface area (Å²) in [6.45, 7) is -1.16. The molecule has 1 aromatic carbocycles. The Morgan fingerprint density at radius 3 is 2.57 bits per heavy atom. The number of nitrogens with one attached hydrogen (secondary N) is 2. The van der Waals surface area contributed by atoms with Crippen LogP contribution in [0.1, 0.15) is 29.9 Å². The van der Waals surface area contributed by atoms with E-state index in [-0.39, 0.29) is 43.3 Å². The smallest absolute Gasteiger partial charge is 0.346 e. The van der Waals surface area contributed by atoms with Gasteiger partial charge in [0, 0.05) is 43.8 Å². The molecule has 3 aromatic rings. The number of nitrogens with zero attached hydrogens (tertiary/aromatic N) is 3. The molecule has 1 amide bonds. The number of amides is 1. The first-order valence-electron chi connectivity index (χ1n) is 11.8. The van der Waals surface area contributed by atoms with Crippen LogP contribution < -0.4 is 5.32 Å². The summed E-state index contributed by atoms with van der Waals surface area (Å²) in [6.07, 6.45) is -1.96. The predicted octanol–water partition coefficient (Wildman–Crippen LogP) is 3.10. The number of piperidine rings is 1. The number of halogens is 4. The molecule has 5 rings (SSSR count). The summed E-state index contributed by atoms with van der Waals surface area (Å²) in [7, 11) is -4.09. The van der Waals surface area contributed by atoms with E-state index in [0.29, 0.717) is 5.65 Å². The highest BCUT2D eigenvalue weighted by molar-refractivity contribution is 7.88. The van der Waals surface area contributed by atoms with Gasteiger partial charge in [-0.3, -0.25) is 9.69 Å². The number of hydrogen-bond donors (Lipinski definition) is 2. The van der Waals surface area contributed by atoms with E-state index in [9.17, 15) is 30.8 Å². The van der Waals surface area contributed by atoms with Crippen molar-refractivity contribution in [2.45, 2.75) is 42.9 Å². The van der Waals surface area contributed by atoms with Crippen molar-refractivity contribution in [1.29, 1.82) is 0 Å². The number of sulfonamides is 1. The predicted molar refractivity (Wildman–Crippen MR) is 127 cm³/mol. The Morgan fingerprint density at radius 1 is 1.08 bits per heavy atom. The van der Waals surface area contributed by atoms with E-state index in [1.54, 1.807) is 18.5 Å². The second kappa shape index (κ2) is 9.69. The fraction of sp³-hybridized carbons (Fsp3) is 0.417. The number of benzene rings is 1. The van der Waals surface area contributed by atoms with E-state index in [1.165, 1.54) is 12.1 Å². The number of aromatic amines is 1. The number of fused-ring (bicyclic) bond motifs is 1. The molecule has 0 aliphatic carbocycles. The van der Waals surface area contributed by atoms with Crippen LogP contribution in [-0.2, 0) is 20.6 Å². The first-order chi connectivity index (χ1) is 17.5. The molecule has 2 aromatic heterocycles. The summed E-state index contributed by atoms with van der Waals surface area (Å²) in [4.78, 5) is 21.0. The number of carbonyl (C=O) groups excluding carboxylic acids is 1. The number of H-pyrrole nitrogens is 1. The van der Waals surface area contributed by atoms with Crippen LogP contribution in [0.5, 0.6) is 0 Å². The molecule has 0 bridgehead atoms. The molecule has 2 N–H and O–H groups in total. The Kier molecular flexibility index (Phi) is 6.71. The topological polar surface area (TPSA) is 98.4 Å². The SMILES string of the molecule is O=C1CC(c2ccnc3[nH]ccc23)CC(N2CCN(S(=O)(=O)Cc3ccc(F)cc3)CC2C(F)(F)F)N1. The summed E-state index contributed by atoms with van der Waals surface area (Å²) in [5, 5.41) is 3.50. The zero-order valence-electron chi connectivity index (χ0n) is 19.6. The highest BCUT2D eigenvalue weighted by atomic mass is 32.2. The van der Waals surface area contributed by atoms with E-state index in [2.05, 4.69) is 15.3 Å². The number of alkyl halides is 3. The van der Waals surface area contributed by atoms with Crippen molar-refractivity contribution in [3.05, 3.63) is 65.7 Å². The van der Waals surface area contributed by atoms with Crippen molar-refractivity contribution in [1.82, 2.24) is 24.5 Å². The Morgan fingerprint density at radius 2 is 1.84 bits per heavy atom. The zero-order chi connectivity index (χ0) is 26.4. The van der Waals surface area contributed by atoms with Gasteiger partial charge >= 0.3 is 6.18 Å². The Bertz CT molecular complexity index is 1390. The van der Waals surface area contributed by atoms with Crippen molar-refractivity contribution in [2.24, 2.45) is 0 Å². The van der Waals surface area contributed by atoms with E-state index in [0.717, 1.165) is 32.3 Å². The molecule has 2 fully saturated rings. The van der Waals surface area contributed by atoms with Gasteiger partial charge in [-0.05, 0) is 47.7 Å². The van der Waals surface area contributed by atoms with Crippen LogP contribution in [0.25, 0.3) is 11.0 Å². The normalized spacial score (nSPS) is 24.3. The van der Waals surface area contributed by atoms with Gasteiger partial charge in [0.25, 0.3) is 0 Å². The van der Waals surface area contributed by atoms with E-state index >= 15 is 0 Å². The third kappa shape index (κ3) is 5.34. The first-order valence-corrected chi connectivity index (χ1v) is 13.4. The molecule has 13 heteroatoms. The molecular weight excluding hydrogens is 514 g/mol. The molecule has 3 unspecified atom stereocenters. The second-order valence-corrected chi connectivity index (χ2v) is 11.4. The minimum Gasteiger partial charge on any atom is -0.346 e. The third-order valence-electron chi connectivity index (χ3n) is 7.02. The molecule has 0 saturated carbocycles. The van der Waals surface area contributed by atoms with Gasteiger partial charge < -0.3 is 10.3 Å². The monoisotopic (exact) mass is 539 g/mol. The third-order valence-corrected chi connectivity index (χ3v) is 8.84. The van der Waals surface area contributed by atoms with Crippen molar-refractivity contribution >= 4 is 27.0 Å². The number of hydrogen-bond acceptors (Lipinski definition) is 5. The molecule has 0 radical (unpaired) electrons. The van der Waals surface area contributed by atoms with E-state index in [4.69, 9.17) is 0 Å². The molecule has 2 aliphatic heterocycles. The Labute approximate surface area is 210 Å². The summed E-state index contributed by atoms with van der Waals surface area (Å²) in [5.74, 6) is -1.76. The van der Waals surface area contributed by atoms with Gasteiger partial charge in [-0.1, -0.05) is 12.1 Å². The molecular formula is C24H25F4N5O3S. The number of pyridine rings is 1. The molecule has 2 saturated heterocycles. The molecule has 3 atom stereocenters. The Hall–Kier alpha value is -3.03. The molecule has 0 spiro atoms. The van der Waals surface area contributed by atoms with Crippen LogP contribution >= 0.6 is 0 Å². The fourth-order valence-electron chi connectivity index (χ4n) is 5.25. The van der Waals surface area contributed by atoms with E-state index in [1.807, 2.05) is 6.07 Å². The van der Waals surface area contributed by atoms with Crippen LogP contribution in [0.15, 0.2) is 48.8 Å². The first kappa shape index (κ1) is 25.6. The summed E-state index contributed by atoms with van der Waals surface area (Å²) in [6, 6.07) is 6.30. The molecule has 198 valence electrons. The van der Waals surface area contributed by atoms with Crippen LogP contribution in [0.4, 0.5) is 17.6 Å². The second-order valence-electron chi connectivity index (χ2n) is 9.40. The van der Waals surface area contributed by atoms with Crippen molar-refractivity contribution in [2.75, 3.05) is 19.6 Å². The lowest BCUT2D eigenvalue weighted by Gasteiger charge is -2.47. The maximum absolute atomic E-state index is 14.2. The fourth-order valence-corrected chi connectivity index (χ4v) is 6.77. The summed E-state index contributed by atoms with van der Waals surface area (Å²) < 4.78 is 82.6. The maximum Gasteiger partial charge on any atom is 0.405 e. The largest absolute Gasteiger partial charge is 0.405 e. The van der Waals surface area contributed by atoms with Gasteiger partial charge in [0.2, 0.25) is 15.9 Å². The van der Waals surface area contributed by atoms with Crippen molar-refractivity contribution in [3.63, 3.8) is 0 Å². The van der Waals surface area contributed by atoms with Gasteiger partial charge in [0.15, 0.2) is 0 Å². The lowest BCUT2D eigenvalue weighted by atomic mass is 9.86. The lowest BCUT2D eigenvalue weighted by molar-refractivity contribution is -0.202. The van der Waals surface area contributed by atoms with Crippen LogP contribution in [0, 0.1) is 5.82 Å². The van der Waals surface area contributed by atoms with Crippen molar-refractivity contribution in [3.8, 4) is 0 Å². The average molecular weight is 540 g/mol. The van der Waals surface area contributed by atoms with Crippen LogP contribution in [-0.4, -0.2) is 71.5 Å². The highest BCUT2D eigenvalue weighted by Gasteiger charge is 2.51. The quantitative estimate of drug-likeness (QED) is 0.486. The molecule has 2 aliphatic rings. The van der Waals surface area contributed by atoms with Gasteiger partial charge in [-0.25, -0.2) is 17.8 Å². The Balaban J connectivity index is 1.37.